The minimum Gasteiger partial charge on any atom is -0.336 e. The molecule has 100 valence electrons. The largest absolute Gasteiger partial charge is 0.336 e. The van der Waals surface area contributed by atoms with E-state index < -0.39 is 6.04 Å². The predicted octanol–water partition coefficient (Wildman–Crippen LogP) is 1.80. The van der Waals surface area contributed by atoms with Crippen LogP contribution in [0.25, 0.3) is 0 Å². The highest BCUT2D eigenvalue weighted by Gasteiger charge is 2.24. The van der Waals surface area contributed by atoms with Gasteiger partial charge in [-0.1, -0.05) is 26.3 Å². The molecule has 0 saturated carbocycles. The average molecular weight is 249 g/mol. The van der Waals surface area contributed by atoms with Gasteiger partial charge in [0, 0.05) is 12.7 Å². The number of amides is 1. The highest BCUT2D eigenvalue weighted by molar-refractivity contribution is 5.81. The Morgan fingerprint density at radius 1 is 1.44 bits per heavy atom. The summed E-state index contributed by atoms with van der Waals surface area (Å²) in [6.45, 7) is 7.20. The summed E-state index contributed by atoms with van der Waals surface area (Å²) >= 11 is 0. The van der Waals surface area contributed by atoms with Crippen molar-refractivity contribution in [2.45, 2.75) is 39.8 Å². The Kier molecular flexibility index (Phi) is 5.78. The maximum Gasteiger partial charge on any atom is 0.240 e. The van der Waals surface area contributed by atoms with E-state index in [1.165, 1.54) is 0 Å². The van der Waals surface area contributed by atoms with Crippen LogP contribution in [0.5, 0.6) is 0 Å². The number of hydrogen-bond acceptors (Lipinski definition) is 3. The number of rotatable bonds is 6. The van der Waals surface area contributed by atoms with E-state index in [0.717, 1.165) is 12.1 Å². The Hall–Kier alpha value is -1.42. The molecule has 0 bridgehead atoms. The predicted molar refractivity (Wildman–Crippen MR) is 72.8 cm³/mol. The van der Waals surface area contributed by atoms with Crippen molar-refractivity contribution in [2.24, 2.45) is 11.7 Å². The van der Waals surface area contributed by atoms with Crippen LogP contribution in [0.4, 0.5) is 0 Å². The summed E-state index contributed by atoms with van der Waals surface area (Å²) in [5, 5.41) is 0. The van der Waals surface area contributed by atoms with Crippen molar-refractivity contribution in [1.82, 2.24) is 9.88 Å². The van der Waals surface area contributed by atoms with E-state index in [1.54, 1.807) is 11.1 Å². The number of carbonyl (C=O) groups excluding carboxylic acids is 1. The zero-order valence-electron chi connectivity index (χ0n) is 11.5. The van der Waals surface area contributed by atoms with Gasteiger partial charge in [-0.25, -0.2) is 0 Å². The van der Waals surface area contributed by atoms with Crippen molar-refractivity contribution in [3.8, 4) is 0 Å². The van der Waals surface area contributed by atoms with Gasteiger partial charge in [0.1, 0.15) is 0 Å². The van der Waals surface area contributed by atoms with Crippen molar-refractivity contribution in [2.75, 3.05) is 6.54 Å². The lowest BCUT2D eigenvalue weighted by molar-refractivity contribution is -0.134. The van der Waals surface area contributed by atoms with E-state index >= 15 is 0 Å². The lowest BCUT2D eigenvalue weighted by Gasteiger charge is -2.26. The SMILES string of the molecule is CCC(C)C(N)C(=O)N(CC)Cc1ccccn1. The number of aromatic nitrogens is 1. The fourth-order valence-electron chi connectivity index (χ4n) is 1.74. The fraction of sp³-hybridized carbons (Fsp3) is 0.571. The maximum atomic E-state index is 12.3. The molecule has 1 aromatic rings. The Morgan fingerprint density at radius 2 is 2.17 bits per heavy atom. The molecule has 2 N–H and O–H groups in total. The summed E-state index contributed by atoms with van der Waals surface area (Å²) in [5.74, 6) is 0.216. The van der Waals surface area contributed by atoms with Crippen molar-refractivity contribution in [3.05, 3.63) is 30.1 Å². The molecule has 0 fully saturated rings. The molecule has 0 aliphatic heterocycles. The molecule has 0 saturated heterocycles. The van der Waals surface area contributed by atoms with E-state index in [1.807, 2.05) is 39.0 Å². The van der Waals surface area contributed by atoms with Crippen molar-refractivity contribution < 1.29 is 4.79 Å². The van der Waals surface area contributed by atoms with Crippen LogP contribution in [0, 0.1) is 5.92 Å². The van der Waals surface area contributed by atoms with Gasteiger partial charge in [-0.2, -0.15) is 0 Å². The van der Waals surface area contributed by atoms with Crippen LogP contribution in [0.1, 0.15) is 32.9 Å². The summed E-state index contributed by atoms with van der Waals surface area (Å²) in [6.07, 6.45) is 2.65. The molecule has 0 spiro atoms. The number of nitrogens with zero attached hydrogens (tertiary/aromatic N) is 2. The van der Waals surface area contributed by atoms with Crippen molar-refractivity contribution in [3.63, 3.8) is 0 Å². The van der Waals surface area contributed by atoms with Crippen LogP contribution in [0.15, 0.2) is 24.4 Å². The third kappa shape index (κ3) is 3.81. The number of carbonyl (C=O) groups is 1. The molecule has 0 aliphatic rings. The second kappa shape index (κ2) is 7.11. The van der Waals surface area contributed by atoms with E-state index in [2.05, 4.69) is 4.98 Å². The first kappa shape index (κ1) is 14.6. The molecular formula is C14H23N3O. The third-order valence-corrected chi connectivity index (χ3v) is 3.31. The molecule has 2 unspecified atom stereocenters. The van der Waals surface area contributed by atoms with Crippen LogP contribution in [0.3, 0.4) is 0 Å². The molecule has 2 atom stereocenters. The minimum absolute atomic E-state index is 0.0116. The Bertz CT molecular complexity index is 367. The Labute approximate surface area is 109 Å². The first-order valence-electron chi connectivity index (χ1n) is 6.54. The fourth-order valence-corrected chi connectivity index (χ4v) is 1.74. The zero-order chi connectivity index (χ0) is 13.5. The van der Waals surface area contributed by atoms with Gasteiger partial charge in [-0.3, -0.25) is 9.78 Å². The maximum absolute atomic E-state index is 12.3. The Morgan fingerprint density at radius 3 is 2.67 bits per heavy atom. The summed E-state index contributed by atoms with van der Waals surface area (Å²) in [6, 6.07) is 5.30. The molecule has 1 heterocycles. The first-order chi connectivity index (χ1) is 8.60. The smallest absolute Gasteiger partial charge is 0.240 e. The second-order valence-corrected chi connectivity index (χ2v) is 4.58. The molecule has 1 amide bonds. The van der Waals surface area contributed by atoms with Gasteiger partial charge in [0.25, 0.3) is 0 Å². The van der Waals surface area contributed by atoms with Gasteiger partial charge in [-0.05, 0) is 25.0 Å². The molecule has 0 aromatic carbocycles. The number of nitrogens with two attached hydrogens (primary N) is 1. The topological polar surface area (TPSA) is 59.2 Å². The molecule has 18 heavy (non-hydrogen) atoms. The standard InChI is InChI=1S/C14H23N3O/c1-4-11(3)13(15)14(18)17(5-2)10-12-8-6-7-9-16-12/h6-9,11,13H,4-5,10,15H2,1-3H3. The highest BCUT2D eigenvalue weighted by atomic mass is 16.2. The van der Waals surface area contributed by atoms with E-state index in [-0.39, 0.29) is 11.8 Å². The second-order valence-electron chi connectivity index (χ2n) is 4.58. The molecule has 4 nitrogen and oxygen atoms in total. The van der Waals surface area contributed by atoms with Crippen molar-refractivity contribution in [1.29, 1.82) is 0 Å². The molecule has 4 heteroatoms. The summed E-state index contributed by atoms with van der Waals surface area (Å²) in [4.78, 5) is 18.3. The molecular weight excluding hydrogens is 226 g/mol. The van der Waals surface area contributed by atoms with Gasteiger partial charge in [0.2, 0.25) is 5.91 Å². The van der Waals surface area contributed by atoms with E-state index in [0.29, 0.717) is 13.1 Å². The lowest BCUT2D eigenvalue weighted by Crippen LogP contribution is -2.46. The number of hydrogen-bond donors (Lipinski definition) is 1. The van der Waals surface area contributed by atoms with Gasteiger partial charge >= 0.3 is 0 Å². The van der Waals surface area contributed by atoms with Gasteiger partial charge < -0.3 is 10.6 Å². The number of likely N-dealkylation sites (N-methyl/N-ethyl adjacent to an activating group) is 1. The molecule has 1 aromatic heterocycles. The minimum atomic E-state index is -0.418. The molecule has 0 aliphatic carbocycles. The summed E-state index contributed by atoms with van der Waals surface area (Å²) in [5.41, 5.74) is 6.88. The molecule has 0 radical (unpaired) electrons. The first-order valence-corrected chi connectivity index (χ1v) is 6.54. The van der Waals surface area contributed by atoms with E-state index in [9.17, 15) is 4.79 Å². The van der Waals surface area contributed by atoms with Gasteiger partial charge in [0.05, 0.1) is 18.3 Å². The van der Waals surface area contributed by atoms with Crippen LogP contribution < -0.4 is 5.73 Å². The van der Waals surface area contributed by atoms with Crippen molar-refractivity contribution >= 4 is 5.91 Å². The molecule has 1 rings (SSSR count). The monoisotopic (exact) mass is 249 g/mol. The summed E-state index contributed by atoms with van der Waals surface area (Å²) < 4.78 is 0. The summed E-state index contributed by atoms with van der Waals surface area (Å²) in [7, 11) is 0. The van der Waals surface area contributed by atoms with Crippen LogP contribution in [-0.4, -0.2) is 28.4 Å². The normalized spacial score (nSPS) is 14.0. The number of pyridine rings is 1. The van der Waals surface area contributed by atoms with Gasteiger partial charge in [-0.15, -0.1) is 0 Å². The zero-order valence-corrected chi connectivity index (χ0v) is 11.5. The highest BCUT2D eigenvalue weighted by Crippen LogP contribution is 2.10. The third-order valence-electron chi connectivity index (χ3n) is 3.31. The van der Waals surface area contributed by atoms with E-state index in [4.69, 9.17) is 5.73 Å². The average Bonchev–Trinajstić information content (AvgIpc) is 2.43. The van der Waals surface area contributed by atoms with Gasteiger partial charge in [0.15, 0.2) is 0 Å². The van der Waals surface area contributed by atoms with Crippen LogP contribution >= 0.6 is 0 Å². The van der Waals surface area contributed by atoms with Crippen LogP contribution in [-0.2, 0) is 11.3 Å². The van der Waals surface area contributed by atoms with Crippen LogP contribution in [0.2, 0.25) is 0 Å². The quantitative estimate of drug-likeness (QED) is 0.836. The Balaban J connectivity index is 2.69. The lowest BCUT2D eigenvalue weighted by atomic mass is 9.99.